The Morgan fingerprint density at radius 3 is 2.74 bits per heavy atom. The molecule has 3 heterocycles. The Hall–Kier alpha value is -2.90. The van der Waals surface area contributed by atoms with Gasteiger partial charge in [-0.2, -0.15) is 0 Å². The van der Waals surface area contributed by atoms with Crippen LogP contribution in [0.25, 0.3) is 11.2 Å². The monoisotopic (exact) mass is 458 g/mol. The summed E-state index contributed by atoms with van der Waals surface area (Å²) in [6.07, 6.45) is 9.10. The highest BCUT2D eigenvalue weighted by atomic mass is 35.5. The Bertz CT molecular complexity index is 1270. The molecule has 3 aromatic rings. The van der Waals surface area contributed by atoms with Crippen molar-refractivity contribution in [2.24, 2.45) is 0 Å². The molecule has 4 rings (SSSR count). The average molecular weight is 459 g/mol. The number of rotatable bonds is 5. The van der Waals surface area contributed by atoms with Gasteiger partial charge in [-0.1, -0.05) is 29.3 Å². The van der Waals surface area contributed by atoms with Crippen molar-refractivity contribution in [3.05, 3.63) is 73.9 Å². The van der Waals surface area contributed by atoms with Crippen molar-refractivity contribution in [3.63, 3.8) is 0 Å². The number of aromatic carboxylic acids is 1. The van der Waals surface area contributed by atoms with E-state index in [9.17, 15) is 14.7 Å². The lowest BCUT2D eigenvalue weighted by atomic mass is 9.97. The number of carboxylic acid groups (broad SMARTS) is 1. The summed E-state index contributed by atoms with van der Waals surface area (Å²) in [5, 5.41) is 13.2. The number of allylic oxidation sites excluding steroid dienone is 2. The Labute approximate surface area is 188 Å². The van der Waals surface area contributed by atoms with Gasteiger partial charge in [0.25, 0.3) is 5.56 Å². The summed E-state index contributed by atoms with van der Waals surface area (Å²) >= 11 is 12.2. The summed E-state index contributed by atoms with van der Waals surface area (Å²) in [5.74, 6) is -0.988. The molecule has 0 saturated carbocycles. The molecule has 0 bridgehead atoms. The van der Waals surface area contributed by atoms with E-state index in [-0.39, 0.29) is 22.0 Å². The molecule has 31 heavy (non-hydrogen) atoms. The third kappa shape index (κ3) is 4.43. The zero-order valence-corrected chi connectivity index (χ0v) is 18.2. The van der Waals surface area contributed by atoms with Crippen LogP contribution in [0.2, 0.25) is 10.0 Å². The van der Waals surface area contributed by atoms with Crippen LogP contribution in [0.4, 0.5) is 5.82 Å². The molecule has 9 heteroatoms. The number of halogens is 2. The van der Waals surface area contributed by atoms with Gasteiger partial charge in [-0.3, -0.25) is 9.20 Å². The molecule has 7 nitrogen and oxygen atoms in total. The number of hydrogen-bond donors (Lipinski definition) is 2. The number of nitrogens with zero attached hydrogens (tertiary/aromatic N) is 3. The van der Waals surface area contributed by atoms with E-state index in [2.05, 4.69) is 16.4 Å². The molecule has 0 amide bonds. The molecule has 3 aromatic heterocycles. The standard InChI is InChI=1S/C22H20Cl2N4O3/c1-12(26-20-17(22(30)31)7-14(23)10-25-20)16-8-15(24)11-28-19(29)9-18(27-21(16)28)13-5-3-2-4-6-13/h5,7-12H,2-4,6H2,1H3,(H,25,26)(H,30,31)/t12-/m1/s1. The molecule has 1 atom stereocenters. The van der Waals surface area contributed by atoms with Crippen LogP contribution in [-0.2, 0) is 0 Å². The first kappa shape index (κ1) is 21.3. The minimum atomic E-state index is -1.15. The van der Waals surface area contributed by atoms with Crippen molar-refractivity contribution < 1.29 is 9.90 Å². The Morgan fingerprint density at radius 1 is 1.23 bits per heavy atom. The highest BCUT2D eigenvalue weighted by Crippen LogP contribution is 2.29. The van der Waals surface area contributed by atoms with Gasteiger partial charge < -0.3 is 10.4 Å². The Morgan fingerprint density at radius 2 is 2.03 bits per heavy atom. The normalized spacial score (nSPS) is 14.9. The van der Waals surface area contributed by atoms with E-state index in [1.54, 1.807) is 6.07 Å². The fraction of sp³-hybridized carbons (Fsp3) is 0.273. The summed E-state index contributed by atoms with van der Waals surface area (Å²) in [5.41, 5.74) is 2.57. The van der Waals surface area contributed by atoms with E-state index in [1.165, 1.54) is 28.9 Å². The van der Waals surface area contributed by atoms with E-state index < -0.39 is 12.0 Å². The van der Waals surface area contributed by atoms with Crippen molar-refractivity contribution in [1.82, 2.24) is 14.4 Å². The number of carbonyl (C=O) groups is 1. The van der Waals surface area contributed by atoms with Crippen molar-refractivity contribution in [3.8, 4) is 0 Å². The van der Waals surface area contributed by atoms with Crippen molar-refractivity contribution in [2.45, 2.75) is 38.6 Å². The van der Waals surface area contributed by atoms with Gasteiger partial charge in [0, 0.05) is 24.0 Å². The SMILES string of the molecule is C[C@@H](Nc1ncc(Cl)cc1C(=O)O)c1cc(Cl)cn2c(=O)cc(C3=CCCCC3)nc12. The maximum absolute atomic E-state index is 12.8. The number of hydrogen-bond acceptors (Lipinski definition) is 5. The van der Waals surface area contributed by atoms with E-state index in [4.69, 9.17) is 28.2 Å². The molecule has 1 aliphatic carbocycles. The van der Waals surface area contributed by atoms with Gasteiger partial charge in [-0.05, 0) is 50.3 Å². The summed E-state index contributed by atoms with van der Waals surface area (Å²) in [4.78, 5) is 33.3. The average Bonchev–Trinajstić information content (AvgIpc) is 2.75. The molecule has 160 valence electrons. The third-order valence-electron chi connectivity index (χ3n) is 5.28. The lowest BCUT2D eigenvalue weighted by Gasteiger charge is -2.19. The predicted molar refractivity (Wildman–Crippen MR) is 121 cm³/mol. The first-order valence-corrected chi connectivity index (χ1v) is 10.7. The predicted octanol–water partition coefficient (Wildman–Crippen LogP) is 5.23. The lowest BCUT2D eigenvalue weighted by Crippen LogP contribution is -2.20. The number of aromatic nitrogens is 3. The fourth-order valence-corrected chi connectivity index (χ4v) is 4.12. The second kappa shape index (κ2) is 8.69. The summed E-state index contributed by atoms with van der Waals surface area (Å²) < 4.78 is 1.41. The maximum atomic E-state index is 12.8. The highest BCUT2D eigenvalue weighted by molar-refractivity contribution is 6.31. The number of fused-ring (bicyclic) bond motifs is 1. The van der Waals surface area contributed by atoms with Crippen LogP contribution < -0.4 is 10.9 Å². The van der Waals surface area contributed by atoms with Gasteiger partial charge in [0.1, 0.15) is 17.0 Å². The quantitative estimate of drug-likeness (QED) is 0.543. The zero-order valence-electron chi connectivity index (χ0n) is 16.7. The molecule has 0 radical (unpaired) electrons. The van der Waals surface area contributed by atoms with Crippen molar-refractivity contribution in [2.75, 3.05) is 5.32 Å². The lowest BCUT2D eigenvalue weighted by molar-refractivity contribution is 0.0697. The number of anilines is 1. The second-order valence-electron chi connectivity index (χ2n) is 7.48. The largest absolute Gasteiger partial charge is 0.478 e. The van der Waals surface area contributed by atoms with Crippen LogP contribution >= 0.6 is 23.2 Å². The molecule has 0 spiro atoms. The minimum absolute atomic E-state index is 0.0520. The van der Waals surface area contributed by atoms with E-state index in [1.807, 2.05) is 6.92 Å². The van der Waals surface area contributed by atoms with E-state index in [0.29, 0.717) is 21.9 Å². The van der Waals surface area contributed by atoms with Gasteiger partial charge in [0.2, 0.25) is 0 Å². The van der Waals surface area contributed by atoms with Gasteiger partial charge in [0.05, 0.1) is 21.8 Å². The third-order valence-corrected chi connectivity index (χ3v) is 5.69. The molecule has 2 N–H and O–H groups in total. The van der Waals surface area contributed by atoms with Gasteiger partial charge in [0.15, 0.2) is 0 Å². The molecule has 0 unspecified atom stereocenters. The maximum Gasteiger partial charge on any atom is 0.339 e. The smallest absolute Gasteiger partial charge is 0.339 e. The van der Waals surface area contributed by atoms with Gasteiger partial charge in [-0.15, -0.1) is 0 Å². The van der Waals surface area contributed by atoms with Crippen LogP contribution in [0.1, 0.15) is 60.3 Å². The molecule has 1 aliphatic rings. The summed E-state index contributed by atoms with van der Waals surface area (Å²) in [6.45, 7) is 1.83. The van der Waals surface area contributed by atoms with E-state index in [0.717, 1.165) is 31.3 Å². The van der Waals surface area contributed by atoms with Crippen LogP contribution in [0.3, 0.4) is 0 Å². The minimum Gasteiger partial charge on any atom is -0.478 e. The number of nitrogens with one attached hydrogen (secondary N) is 1. The topological polar surface area (TPSA) is 96.6 Å². The molecular formula is C22H20Cl2N4O3. The molecule has 0 aliphatic heterocycles. The van der Waals surface area contributed by atoms with Crippen molar-refractivity contribution >= 4 is 46.2 Å². The zero-order chi connectivity index (χ0) is 22.1. The highest BCUT2D eigenvalue weighted by Gasteiger charge is 2.19. The molecular weight excluding hydrogens is 439 g/mol. The second-order valence-corrected chi connectivity index (χ2v) is 8.36. The first-order valence-electron chi connectivity index (χ1n) is 9.91. The fourth-order valence-electron chi connectivity index (χ4n) is 3.75. The molecule has 0 aromatic carbocycles. The molecule has 0 saturated heterocycles. The van der Waals surface area contributed by atoms with Crippen LogP contribution in [0.15, 0.2) is 41.5 Å². The van der Waals surface area contributed by atoms with Crippen LogP contribution in [0.5, 0.6) is 0 Å². The van der Waals surface area contributed by atoms with Gasteiger partial charge >= 0.3 is 5.97 Å². The number of pyridine rings is 2. The number of carboxylic acids is 1. The molecule has 0 fully saturated rings. The van der Waals surface area contributed by atoms with Crippen LogP contribution in [0, 0.1) is 0 Å². The van der Waals surface area contributed by atoms with Gasteiger partial charge in [-0.25, -0.2) is 14.8 Å². The Balaban J connectivity index is 1.81. The van der Waals surface area contributed by atoms with Crippen LogP contribution in [-0.4, -0.2) is 25.4 Å². The van der Waals surface area contributed by atoms with Crippen molar-refractivity contribution in [1.29, 1.82) is 0 Å². The Kier molecular flexibility index (Phi) is 5.98. The van der Waals surface area contributed by atoms with E-state index >= 15 is 0 Å². The summed E-state index contributed by atoms with van der Waals surface area (Å²) in [7, 11) is 0. The summed E-state index contributed by atoms with van der Waals surface area (Å²) in [6, 6.07) is 4.14. The first-order chi connectivity index (χ1) is 14.8.